The Morgan fingerprint density at radius 1 is 1.35 bits per heavy atom. The predicted octanol–water partition coefficient (Wildman–Crippen LogP) is 1.58. The van der Waals surface area contributed by atoms with E-state index in [0.29, 0.717) is 24.8 Å². The van der Waals surface area contributed by atoms with Crippen molar-refractivity contribution in [2.24, 2.45) is 0 Å². The van der Waals surface area contributed by atoms with Crippen LogP contribution in [0.4, 0.5) is 11.8 Å². The molecule has 5 heteroatoms. The van der Waals surface area contributed by atoms with Crippen LogP contribution >= 0.6 is 0 Å². The van der Waals surface area contributed by atoms with Gasteiger partial charge in [-0.3, -0.25) is 0 Å². The van der Waals surface area contributed by atoms with Crippen molar-refractivity contribution in [3.63, 3.8) is 0 Å². The third kappa shape index (κ3) is 3.56. The van der Waals surface area contributed by atoms with Crippen molar-refractivity contribution in [3.05, 3.63) is 11.8 Å². The van der Waals surface area contributed by atoms with Gasteiger partial charge in [0.15, 0.2) is 0 Å². The Hall–Kier alpha value is -1.36. The minimum absolute atomic E-state index is 0.190. The van der Waals surface area contributed by atoms with Crippen LogP contribution in [-0.4, -0.2) is 34.8 Å². The Balaban J connectivity index is 2.06. The normalized spacial score (nSPS) is 14.7. The highest BCUT2D eigenvalue weighted by Crippen LogP contribution is 2.39. The van der Waals surface area contributed by atoms with Crippen molar-refractivity contribution in [2.45, 2.75) is 32.1 Å². The van der Waals surface area contributed by atoms with Gasteiger partial charge in [-0.2, -0.15) is 4.98 Å². The Labute approximate surface area is 102 Å². The SMILES string of the molecule is CCNc1cc(C2CC2)nc(NCCCO)n1. The molecule has 1 aliphatic rings. The molecule has 94 valence electrons. The standard InChI is InChI=1S/C12H20N4O/c1-2-13-11-8-10(9-4-5-9)15-12(16-11)14-6-3-7-17/h8-9,17H,2-7H2,1H3,(H2,13,14,15,16). The lowest BCUT2D eigenvalue weighted by Crippen LogP contribution is -2.10. The minimum atomic E-state index is 0.190. The first-order valence-electron chi connectivity index (χ1n) is 6.31. The second-order valence-electron chi connectivity index (χ2n) is 4.31. The first-order chi connectivity index (χ1) is 8.33. The number of hydrogen-bond acceptors (Lipinski definition) is 5. The molecule has 0 bridgehead atoms. The maximum Gasteiger partial charge on any atom is 0.224 e. The van der Waals surface area contributed by atoms with Crippen molar-refractivity contribution >= 4 is 11.8 Å². The molecule has 1 heterocycles. The molecule has 2 rings (SSSR count). The quantitative estimate of drug-likeness (QED) is 0.627. The largest absolute Gasteiger partial charge is 0.396 e. The summed E-state index contributed by atoms with van der Waals surface area (Å²) >= 11 is 0. The van der Waals surface area contributed by atoms with Crippen LogP contribution < -0.4 is 10.6 Å². The second-order valence-corrected chi connectivity index (χ2v) is 4.31. The maximum absolute atomic E-state index is 8.74. The Bertz CT molecular complexity index is 366. The lowest BCUT2D eigenvalue weighted by Gasteiger charge is -2.09. The molecule has 1 fully saturated rings. The van der Waals surface area contributed by atoms with Gasteiger partial charge in [-0.1, -0.05) is 0 Å². The summed E-state index contributed by atoms with van der Waals surface area (Å²) in [6.45, 7) is 3.81. The van der Waals surface area contributed by atoms with Gasteiger partial charge in [0, 0.05) is 31.7 Å². The van der Waals surface area contributed by atoms with Crippen LogP contribution in [0.1, 0.15) is 37.8 Å². The van der Waals surface area contributed by atoms with Gasteiger partial charge in [0.05, 0.1) is 5.69 Å². The van der Waals surface area contributed by atoms with Crippen LogP contribution in [0.2, 0.25) is 0 Å². The van der Waals surface area contributed by atoms with Crippen LogP contribution in [0.3, 0.4) is 0 Å². The average Bonchev–Trinajstić information content (AvgIpc) is 3.13. The number of nitrogens with one attached hydrogen (secondary N) is 2. The van der Waals surface area contributed by atoms with E-state index < -0.39 is 0 Å². The summed E-state index contributed by atoms with van der Waals surface area (Å²) in [4.78, 5) is 8.90. The molecule has 3 N–H and O–H groups in total. The molecule has 0 aromatic carbocycles. The van der Waals surface area contributed by atoms with Gasteiger partial charge in [-0.25, -0.2) is 4.98 Å². The zero-order valence-corrected chi connectivity index (χ0v) is 10.2. The van der Waals surface area contributed by atoms with Crippen LogP contribution in [0, 0.1) is 0 Å². The topological polar surface area (TPSA) is 70.1 Å². The van der Waals surface area contributed by atoms with Crippen molar-refractivity contribution in [1.82, 2.24) is 9.97 Å². The van der Waals surface area contributed by atoms with Crippen molar-refractivity contribution < 1.29 is 5.11 Å². The predicted molar refractivity (Wildman–Crippen MR) is 68.4 cm³/mol. The zero-order valence-electron chi connectivity index (χ0n) is 10.2. The third-order valence-electron chi connectivity index (χ3n) is 2.72. The first-order valence-corrected chi connectivity index (χ1v) is 6.31. The van der Waals surface area contributed by atoms with Gasteiger partial charge in [0.25, 0.3) is 0 Å². The molecule has 1 aromatic heterocycles. The molecule has 0 unspecified atom stereocenters. The fourth-order valence-electron chi connectivity index (χ4n) is 1.68. The number of anilines is 2. The number of nitrogens with zero attached hydrogens (tertiary/aromatic N) is 2. The third-order valence-corrected chi connectivity index (χ3v) is 2.72. The minimum Gasteiger partial charge on any atom is -0.396 e. The highest BCUT2D eigenvalue weighted by molar-refractivity contribution is 5.43. The summed E-state index contributed by atoms with van der Waals surface area (Å²) in [7, 11) is 0. The molecular weight excluding hydrogens is 216 g/mol. The number of aliphatic hydroxyl groups excluding tert-OH is 1. The number of hydrogen-bond donors (Lipinski definition) is 3. The van der Waals surface area contributed by atoms with E-state index in [0.717, 1.165) is 18.1 Å². The van der Waals surface area contributed by atoms with E-state index in [9.17, 15) is 0 Å². The van der Waals surface area contributed by atoms with E-state index in [1.807, 2.05) is 6.07 Å². The molecule has 0 saturated heterocycles. The Kier molecular flexibility index (Phi) is 4.14. The van der Waals surface area contributed by atoms with E-state index in [1.165, 1.54) is 12.8 Å². The summed E-state index contributed by atoms with van der Waals surface area (Å²) in [6, 6.07) is 2.04. The molecule has 0 amide bonds. The van der Waals surface area contributed by atoms with Crippen LogP contribution in [0.25, 0.3) is 0 Å². The monoisotopic (exact) mass is 236 g/mol. The van der Waals surface area contributed by atoms with Crippen LogP contribution in [0.5, 0.6) is 0 Å². The van der Waals surface area contributed by atoms with Crippen LogP contribution in [-0.2, 0) is 0 Å². The summed E-state index contributed by atoms with van der Waals surface area (Å²) in [5.41, 5.74) is 1.13. The molecule has 0 radical (unpaired) electrons. The highest BCUT2D eigenvalue weighted by atomic mass is 16.3. The second kappa shape index (κ2) is 5.82. The lowest BCUT2D eigenvalue weighted by molar-refractivity contribution is 0.292. The summed E-state index contributed by atoms with van der Waals surface area (Å²) in [5, 5.41) is 15.1. The van der Waals surface area contributed by atoms with E-state index in [-0.39, 0.29) is 6.61 Å². The van der Waals surface area contributed by atoms with Gasteiger partial charge in [0.1, 0.15) is 5.82 Å². The Morgan fingerprint density at radius 2 is 2.18 bits per heavy atom. The molecule has 1 saturated carbocycles. The van der Waals surface area contributed by atoms with Gasteiger partial charge in [-0.15, -0.1) is 0 Å². The summed E-state index contributed by atoms with van der Waals surface area (Å²) in [6.07, 6.45) is 3.19. The molecule has 1 aromatic rings. The van der Waals surface area contributed by atoms with Gasteiger partial charge in [-0.05, 0) is 26.2 Å². The van der Waals surface area contributed by atoms with Gasteiger partial charge in [0.2, 0.25) is 5.95 Å². The van der Waals surface area contributed by atoms with E-state index in [4.69, 9.17) is 5.11 Å². The molecule has 0 atom stereocenters. The molecule has 0 spiro atoms. The van der Waals surface area contributed by atoms with Crippen LogP contribution in [0.15, 0.2) is 6.07 Å². The number of aliphatic hydroxyl groups is 1. The van der Waals surface area contributed by atoms with Gasteiger partial charge >= 0.3 is 0 Å². The zero-order chi connectivity index (χ0) is 12.1. The fraction of sp³-hybridized carbons (Fsp3) is 0.667. The van der Waals surface area contributed by atoms with Crippen molar-refractivity contribution in [1.29, 1.82) is 0 Å². The first kappa shape index (κ1) is 12.1. The average molecular weight is 236 g/mol. The summed E-state index contributed by atoms with van der Waals surface area (Å²) in [5.74, 6) is 2.17. The number of rotatable bonds is 7. The van der Waals surface area contributed by atoms with Crippen molar-refractivity contribution in [3.8, 4) is 0 Å². The Morgan fingerprint density at radius 3 is 2.82 bits per heavy atom. The smallest absolute Gasteiger partial charge is 0.224 e. The highest BCUT2D eigenvalue weighted by Gasteiger charge is 2.26. The van der Waals surface area contributed by atoms with Gasteiger partial charge < -0.3 is 15.7 Å². The maximum atomic E-state index is 8.74. The lowest BCUT2D eigenvalue weighted by atomic mass is 10.3. The number of aromatic nitrogens is 2. The van der Waals surface area contributed by atoms with E-state index in [1.54, 1.807) is 0 Å². The van der Waals surface area contributed by atoms with E-state index in [2.05, 4.69) is 27.5 Å². The molecule has 0 aliphatic heterocycles. The molecule has 1 aliphatic carbocycles. The molecule has 5 nitrogen and oxygen atoms in total. The molecule has 17 heavy (non-hydrogen) atoms. The molecular formula is C12H20N4O. The fourth-order valence-corrected chi connectivity index (χ4v) is 1.68. The van der Waals surface area contributed by atoms with E-state index >= 15 is 0 Å². The van der Waals surface area contributed by atoms with Crippen molar-refractivity contribution in [2.75, 3.05) is 30.3 Å². The summed E-state index contributed by atoms with van der Waals surface area (Å²) < 4.78 is 0.